The van der Waals surface area contributed by atoms with Crippen LogP contribution in [0.15, 0.2) is 0 Å². The van der Waals surface area contributed by atoms with Gasteiger partial charge >= 0.3 is 0 Å². The minimum atomic E-state index is 0. The summed E-state index contributed by atoms with van der Waals surface area (Å²) < 4.78 is 5.60. The van der Waals surface area contributed by atoms with Crippen molar-refractivity contribution >= 4 is 18.3 Å². The van der Waals surface area contributed by atoms with E-state index in [1.165, 1.54) is 0 Å². The smallest absolute Gasteiger partial charge is 0.223 e. The van der Waals surface area contributed by atoms with Crippen molar-refractivity contribution in [1.29, 1.82) is 0 Å². The highest BCUT2D eigenvalue weighted by atomic mass is 35.5. The van der Waals surface area contributed by atoms with Gasteiger partial charge in [-0.2, -0.15) is 0 Å². The summed E-state index contributed by atoms with van der Waals surface area (Å²) in [4.78, 5) is 12.1. The van der Waals surface area contributed by atoms with E-state index in [-0.39, 0.29) is 36.4 Å². The molecular formula is C13H25ClN2O2. The highest BCUT2D eigenvalue weighted by Crippen LogP contribution is 2.19. The summed E-state index contributed by atoms with van der Waals surface area (Å²) in [6.45, 7) is 5.99. The van der Waals surface area contributed by atoms with Gasteiger partial charge in [0.15, 0.2) is 0 Å². The summed E-state index contributed by atoms with van der Waals surface area (Å²) in [5, 5.41) is 6.49. The van der Waals surface area contributed by atoms with Gasteiger partial charge in [-0.25, -0.2) is 0 Å². The third-order valence-corrected chi connectivity index (χ3v) is 3.89. The Morgan fingerprint density at radius 1 is 1.44 bits per heavy atom. The quantitative estimate of drug-likeness (QED) is 0.821. The van der Waals surface area contributed by atoms with Crippen molar-refractivity contribution in [2.45, 2.75) is 57.7 Å². The minimum absolute atomic E-state index is 0. The molecule has 0 saturated carbocycles. The van der Waals surface area contributed by atoms with E-state index in [2.05, 4.69) is 24.5 Å². The Hall–Kier alpha value is -0.320. The normalized spacial score (nSPS) is 33.6. The first-order valence-electron chi connectivity index (χ1n) is 6.82. The van der Waals surface area contributed by atoms with E-state index in [4.69, 9.17) is 4.74 Å². The van der Waals surface area contributed by atoms with Crippen molar-refractivity contribution in [3.63, 3.8) is 0 Å². The summed E-state index contributed by atoms with van der Waals surface area (Å²) in [6, 6.07) is 0.604. The molecule has 1 amide bonds. The maximum absolute atomic E-state index is 12.1. The van der Waals surface area contributed by atoms with Gasteiger partial charge in [-0.1, -0.05) is 0 Å². The summed E-state index contributed by atoms with van der Waals surface area (Å²) in [6.07, 6.45) is 4.32. The summed E-state index contributed by atoms with van der Waals surface area (Å²) in [5.41, 5.74) is 0. The SMILES string of the molecule is CC(NC(=O)[C@H]1CCN[C@@H](C)C1)C1CCCO1.Cl. The lowest BCUT2D eigenvalue weighted by atomic mass is 9.92. The van der Waals surface area contributed by atoms with Crippen LogP contribution < -0.4 is 10.6 Å². The van der Waals surface area contributed by atoms with Crippen molar-refractivity contribution in [3.8, 4) is 0 Å². The lowest BCUT2D eigenvalue weighted by Crippen LogP contribution is -2.47. The number of amides is 1. The Morgan fingerprint density at radius 2 is 2.22 bits per heavy atom. The van der Waals surface area contributed by atoms with E-state index in [9.17, 15) is 4.79 Å². The lowest BCUT2D eigenvalue weighted by Gasteiger charge is -2.29. The molecule has 4 nitrogen and oxygen atoms in total. The Bertz CT molecular complexity index is 270. The highest BCUT2D eigenvalue weighted by molar-refractivity contribution is 5.85. The Kier molecular flexibility index (Phi) is 6.39. The van der Waals surface area contributed by atoms with Crippen molar-refractivity contribution in [2.75, 3.05) is 13.2 Å². The van der Waals surface area contributed by atoms with Gasteiger partial charge in [0.25, 0.3) is 0 Å². The third-order valence-electron chi connectivity index (χ3n) is 3.89. The van der Waals surface area contributed by atoms with Crippen LogP contribution in [-0.4, -0.2) is 37.2 Å². The molecule has 2 rings (SSSR count). The van der Waals surface area contributed by atoms with Gasteiger partial charge in [0.05, 0.1) is 12.1 Å². The van der Waals surface area contributed by atoms with E-state index < -0.39 is 0 Å². The second-order valence-electron chi connectivity index (χ2n) is 5.43. The average molecular weight is 277 g/mol. The van der Waals surface area contributed by atoms with Gasteiger partial charge in [-0.05, 0) is 46.1 Å². The van der Waals surface area contributed by atoms with Crippen LogP contribution in [0.25, 0.3) is 0 Å². The molecule has 4 atom stereocenters. The van der Waals surface area contributed by atoms with Gasteiger partial charge in [0.1, 0.15) is 0 Å². The summed E-state index contributed by atoms with van der Waals surface area (Å²) >= 11 is 0. The fourth-order valence-electron chi connectivity index (χ4n) is 2.80. The van der Waals surface area contributed by atoms with E-state index >= 15 is 0 Å². The molecule has 106 valence electrons. The van der Waals surface area contributed by atoms with Crippen LogP contribution in [0.3, 0.4) is 0 Å². The van der Waals surface area contributed by atoms with Crippen LogP contribution >= 0.6 is 12.4 Å². The number of ether oxygens (including phenoxy) is 1. The predicted octanol–water partition coefficient (Wildman–Crippen LogP) is 1.48. The monoisotopic (exact) mass is 276 g/mol. The number of hydrogen-bond donors (Lipinski definition) is 2. The number of halogens is 1. The van der Waals surface area contributed by atoms with Crippen LogP contribution in [0.5, 0.6) is 0 Å². The first-order valence-corrected chi connectivity index (χ1v) is 6.82. The Balaban J connectivity index is 0.00000162. The number of rotatable bonds is 3. The van der Waals surface area contributed by atoms with E-state index in [1.54, 1.807) is 0 Å². The summed E-state index contributed by atoms with van der Waals surface area (Å²) in [7, 11) is 0. The molecule has 5 heteroatoms. The maximum Gasteiger partial charge on any atom is 0.223 e. The molecule has 2 fully saturated rings. The zero-order chi connectivity index (χ0) is 12.3. The minimum Gasteiger partial charge on any atom is -0.376 e. The van der Waals surface area contributed by atoms with Crippen molar-refractivity contribution < 1.29 is 9.53 Å². The van der Waals surface area contributed by atoms with Gasteiger partial charge < -0.3 is 15.4 Å². The summed E-state index contributed by atoms with van der Waals surface area (Å²) in [5.74, 6) is 0.386. The molecule has 0 aromatic heterocycles. The molecule has 2 aliphatic heterocycles. The molecule has 0 aromatic rings. The number of carbonyl (C=O) groups excluding carboxylic acids is 1. The second-order valence-corrected chi connectivity index (χ2v) is 5.43. The molecule has 0 spiro atoms. The molecule has 0 radical (unpaired) electrons. The Labute approximate surface area is 116 Å². The van der Waals surface area contributed by atoms with Gasteiger partial charge in [-0.15, -0.1) is 12.4 Å². The van der Waals surface area contributed by atoms with Gasteiger partial charge in [0, 0.05) is 18.6 Å². The molecule has 0 aromatic carbocycles. The van der Waals surface area contributed by atoms with E-state index in [1.807, 2.05) is 0 Å². The first kappa shape index (κ1) is 15.7. The predicted molar refractivity (Wildman–Crippen MR) is 74.0 cm³/mol. The zero-order valence-electron chi connectivity index (χ0n) is 11.3. The van der Waals surface area contributed by atoms with Crippen LogP contribution in [-0.2, 0) is 9.53 Å². The second kappa shape index (κ2) is 7.31. The molecule has 0 aliphatic carbocycles. The molecular weight excluding hydrogens is 252 g/mol. The van der Waals surface area contributed by atoms with Crippen LogP contribution in [0.4, 0.5) is 0 Å². The fraction of sp³-hybridized carbons (Fsp3) is 0.923. The fourth-order valence-corrected chi connectivity index (χ4v) is 2.80. The molecule has 2 unspecified atom stereocenters. The van der Waals surface area contributed by atoms with E-state index in [0.29, 0.717) is 6.04 Å². The molecule has 2 saturated heterocycles. The van der Waals surface area contributed by atoms with Crippen LogP contribution in [0, 0.1) is 5.92 Å². The first-order chi connectivity index (χ1) is 8.16. The Morgan fingerprint density at radius 3 is 2.83 bits per heavy atom. The molecule has 2 N–H and O–H groups in total. The standard InChI is InChI=1S/C13H24N2O2.ClH/c1-9-8-11(5-6-14-9)13(16)15-10(2)12-4-3-7-17-12;/h9-12,14H,3-8H2,1-2H3,(H,15,16);1H/t9-,10?,11-,12?;/m0./s1. The topological polar surface area (TPSA) is 50.4 Å². The highest BCUT2D eigenvalue weighted by Gasteiger charge is 2.28. The molecule has 2 aliphatic rings. The third kappa shape index (κ3) is 4.11. The molecule has 2 heterocycles. The van der Waals surface area contributed by atoms with Crippen molar-refractivity contribution in [3.05, 3.63) is 0 Å². The number of hydrogen-bond acceptors (Lipinski definition) is 3. The van der Waals surface area contributed by atoms with Gasteiger partial charge in [-0.3, -0.25) is 4.79 Å². The number of nitrogens with one attached hydrogen (secondary N) is 2. The molecule has 0 bridgehead atoms. The van der Waals surface area contributed by atoms with Gasteiger partial charge in [0.2, 0.25) is 5.91 Å². The number of carbonyl (C=O) groups is 1. The molecule has 18 heavy (non-hydrogen) atoms. The zero-order valence-corrected chi connectivity index (χ0v) is 12.1. The van der Waals surface area contributed by atoms with E-state index in [0.717, 1.165) is 38.8 Å². The number of piperidine rings is 1. The van der Waals surface area contributed by atoms with Crippen LogP contribution in [0.2, 0.25) is 0 Å². The largest absolute Gasteiger partial charge is 0.376 e. The van der Waals surface area contributed by atoms with Crippen LogP contribution in [0.1, 0.15) is 39.5 Å². The average Bonchev–Trinajstić information content (AvgIpc) is 2.82. The van der Waals surface area contributed by atoms with Crippen molar-refractivity contribution in [1.82, 2.24) is 10.6 Å². The maximum atomic E-state index is 12.1. The van der Waals surface area contributed by atoms with Crippen molar-refractivity contribution in [2.24, 2.45) is 5.92 Å². The lowest BCUT2D eigenvalue weighted by molar-refractivity contribution is -0.127.